The molecule has 0 bridgehead atoms. The fourth-order valence-electron chi connectivity index (χ4n) is 0.814. The number of rotatable bonds is 1. The van der Waals surface area contributed by atoms with Crippen molar-refractivity contribution in [2.45, 2.75) is 33.1 Å². The van der Waals surface area contributed by atoms with Gasteiger partial charge in [0.25, 0.3) is 0 Å². The first-order valence-electron chi connectivity index (χ1n) is 4.03. The maximum Gasteiger partial charge on any atom is 0.118 e. The van der Waals surface area contributed by atoms with Crippen molar-refractivity contribution in [2.75, 3.05) is 0 Å². The lowest BCUT2D eigenvalue weighted by Gasteiger charge is -2.14. The van der Waals surface area contributed by atoms with E-state index in [-0.39, 0.29) is 5.41 Å². The molecule has 0 saturated heterocycles. The molecule has 0 N–H and O–H groups in total. The van der Waals surface area contributed by atoms with Crippen molar-refractivity contribution >= 4 is 16.9 Å². The van der Waals surface area contributed by atoms with E-state index >= 15 is 0 Å². The van der Waals surface area contributed by atoms with E-state index < -0.39 is 0 Å². The molecule has 0 unspecified atom stereocenters. The van der Waals surface area contributed by atoms with E-state index in [2.05, 4.69) is 37.7 Å². The number of nitrogens with zero attached hydrogens (tertiary/aromatic N) is 1. The van der Waals surface area contributed by atoms with Gasteiger partial charge in [-0.3, -0.25) is 0 Å². The number of hydrogen-bond acceptors (Lipinski definition) is 2. The molecule has 1 aromatic heterocycles. The first kappa shape index (κ1) is 9.46. The fourth-order valence-corrected chi connectivity index (χ4v) is 1.80. The molecule has 2 heteroatoms. The van der Waals surface area contributed by atoms with Crippen LogP contribution in [0.1, 0.15) is 38.4 Å². The summed E-state index contributed by atoms with van der Waals surface area (Å²) in [5.41, 5.74) is 2.37. The van der Waals surface area contributed by atoms with Crippen LogP contribution in [0.3, 0.4) is 0 Å². The first-order valence-corrected chi connectivity index (χ1v) is 4.91. The summed E-state index contributed by atoms with van der Waals surface area (Å²) in [5, 5.41) is 3.17. The van der Waals surface area contributed by atoms with E-state index in [1.807, 2.05) is 6.92 Å². The molecule has 1 nitrogen and oxygen atoms in total. The summed E-state index contributed by atoms with van der Waals surface area (Å²) in [6.45, 7) is 12.4. The van der Waals surface area contributed by atoms with Gasteiger partial charge in [-0.25, -0.2) is 4.98 Å². The average Bonchev–Trinajstić information content (AvgIpc) is 2.30. The Hall–Kier alpha value is -0.630. The highest BCUT2D eigenvalue weighted by atomic mass is 32.1. The highest BCUT2D eigenvalue weighted by molar-refractivity contribution is 7.10. The summed E-state index contributed by atoms with van der Waals surface area (Å²) in [4.78, 5) is 4.50. The van der Waals surface area contributed by atoms with Crippen LogP contribution in [0, 0.1) is 0 Å². The molecule has 0 amide bonds. The van der Waals surface area contributed by atoms with Crippen LogP contribution in [0.15, 0.2) is 12.0 Å². The van der Waals surface area contributed by atoms with Gasteiger partial charge in [0.2, 0.25) is 0 Å². The molecule has 1 rings (SSSR count). The van der Waals surface area contributed by atoms with Gasteiger partial charge in [-0.05, 0) is 12.5 Å². The molecular weight excluding hydrogens is 166 g/mol. The number of hydrogen-bond donors (Lipinski definition) is 0. The third kappa shape index (κ3) is 1.95. The van der Waals surface area contributed by atoms with Gasteiger partial charge in [0.05, 0.1) is 5.69 Å². The van der Waals surface area contributed by atoms with Gasteiger partial charge < -0.3 is 0 Å². The minimum absolute atomic E-state index is 0.157. The van der Waals surface area contributed by atoms with E-state index in [9.17, 15) is 0 Å². The Morgan fingerprint density at radius 1 is 1.50 bits per heavy atom. The summed E-state index contributed by atoms with van der Waals surface area (Å²) >= 11 is 1.67. The molecule has 0 spiro atoms. The summed E-state index contributed by atoms with van der Waals surface area (Å²) in [7, 11) is 0. The minimum atomic E-state index is 0.157. The topological polar surface area (TPSA) is 12.9 Å². The molecule has 12 heavy (non-hydrogen) atoms. The second kappa shape index (κ2) is 3.02. The fraction of sp³-hybridized carbons (Fsp3) is 0.500. The maximum atomic E-state index is 4.50. The minimum Gasteiger partial charge on any atom is -0.241 e. The highest BCUT2D eigenvalue weighted by Gasteiger charge is 2.17. The first-order chi connectivity index (χ1) is 5.41. The van der Waals surface area contributed by atoms with Crippen molar-refractivity contribution in [1.29, 1.82) is 0 Å². The Kier molecular flexibility index (Phi) is 2.38. The predicted molar refractivity (Wildman–Crippen MR) is 55.5 cm³/mol. The van der Waals surface area contributed by atoms with E-state index in [1.165, 1.54) is 0 Å². The van der Waals surface area contributed by atoms with Gasteiger partial charge >= 0.3 is 0 Å². The van der Waals surface area contributed by atoms with Gasteiger partial charge in [0, 0.05) is 10.8 Å². The van der Waals surface area contributed by atoms with Gasteiger partial charge in [-0.2, -0.15) is 0 Å². The van der Waals surface area contributed by atoms with Crippen LogP contribution in [0.5, 0.6) is 0 Å². The van der Waals surface area contributed by atoms with Gasteiger partial charge in [-0.1, -0.05) is 27.4 Å². The SMILES string of the molecule is C=C(C)c1nc(C(C)(C)C)cs1. The summed E-state index contributed by atoms with van der Waals surface area (Å²) in [5.74, 6) is 0. The van der Waals surface area contributed by atoms with Crippen molar-refractivity contribution < 1.29 is 0 Å². The molecule has 1 aromatic rings. The maximum absolute atomic E-state index is 4.50. The summed E-state index contributed by atoms with van der Waals surface area (Å²) in [6.07, 6.45) is 0. The van der Waals surface area contributed by atoms with Crippen molar-refractivity contribution in [3.05, 3.63) is 22.7 Å². The third-order valence-corrected chi connectivity index (χ3v) is 2.64. The Morgan fingerprint density at radius 3 is 2.33 bits per heavy atom. The predicted octanol–water partition coefficient (Wildman–Crippen LogP) is 3.47. The second-order valence-electron chi connectivity index (χ2n) is 4.07. The van der Waals surface area contributed by atoms with Gasteiger partial charge in [0.1, 0.15) is 5.01 Å². The van der Waals surface area contributed by atoms with Crippen molar-refractivity contribution in [3.8, 4) is 0 Å². The molecular formula is C10H15NS. The number of allylic oxidation sites excluding steroid dienone is 1. The average molecular weight is 181 g/mol. The lowest BCUT2D eigenvalue weighted by molar-refractivity contribution is 0.572. The van der Waals surface area contributed by atoms with Crippen LogP contribution in [0.2, 0.25) is 0 Å². The Balaban J connectivity index is 3.00. The summed E-state index contributed by atoms with van der Waals surface area (Å²) < 4.78 is 0. The van der Waals surface area contributed by atoms with Crippen LogP contribution >= 0.6 is 11.3 Å². The normalized spacial score (nSPS) is 11.7. The standard InChI is InChI=1S/C10H15NS/c1-7(2)9-11-8(6-12-9)10(3,4)5/h6H,1H2,2-5H3. The van der Waals surface area contributed by atoms with Crippen molar-refractivity contribution in [3.63, 3.8) is 0 Å². The molecule has 0 aliphatic carbocycles. The smallest absolute Gasteiger partial charge is 0.118 e. The molecule has 0 atom stereocenters. The highest BCUT2D eigenvalue weighted by Crippen LogP contribution is 2.26. The lowest BCUT2D eigenvalue weighted by Crippen LogP contribution is -2.11. The monoisotopic (exact) mass is 181 g/mol. The van der Waals surface area contributed by atoms with Crippen molar-refractivity contribution in [2.24, 2.45) is 0 Å². The lowest BCUT2D eigenvalue weighted by atomic mass is 9.93. The van der Waals surface area contributed by atoms with Crippen LogP contribution < -0.4 is 0 Å². The van der Waals surface area contributed by atoms with Crippen molar-refractivity contribution in [1.82, 2.24) is 4.98 Å². The molecule has 0 saturated carbocycles. The van der Waals surface area contributed by atoms with E-state index in [0.717, 1.165) is 16.3 Å². The second-order valence-corrected chi connectivity index (χ2v) is 4.93. The Bertz CT molecular complexity index is 291. The Morgan fingerprint density at radius 2 is 2.08 bits per heavy atom. The molecule has 1 heterocycles. The molecule has 0 radical (unpaired) electrons. The third-order valence-electron chi connectivity index (χ3n) is 1.64. The zero-order valence-corrected chi connectivity index (χ0v) is 8.96. The van der Waals surface area contributed by atoms with E-state index in [4.69, 9.17) is 0 Å². The molecule has 0 aromatic carbocycles. The van der Waals surface area contributed by atoms with Gasteiger partial charge in [-0.15, -0.1) is 11.3 Å². The van der Waals surface area contributed by atoms with E-state index in [1.54, 1.807) is 11.3 Å². The quantitative estimate of drug-likeness (QED) is 0.646. The molecule has 0 fully saturated rings. The molecule has 66 valence electrons. The van der Waals surface area contributed by atoms with Gasteiger partial charge in [0.15, 0.2) is 0 Å². The zero-order chi connectivity index (χ0) is 9.35. The largest absolute Gasteiger partial charge is 0.241 e. The van der Waals surface area contributed by atoms with E-state index in [0.29, 0.717) is 0 Å². The van der Waals surface area contributed by atoms with Crippen LogP contribution in [-0.4, -0.2) is 4.98 Å². The molecule has 0 aliphatic rings. The van der Waals surface area contributed by atoms with Crippen LogP contribution in [0.25, 0.3) is 5.57 Å². The number of aromatic nitrogens is 1. The summed E-state index contributed by atoms with van der Waals surface area (Å²) in [6, 6.07) is 0. The molecule has 0 aliphatic heterocycles. The van der Waals surface area contributed by atoms with Crippen LogP contribution in [0.4, 0.5) is 0 Å². The Labute approximate surface area is 78.2 Å². The zero-order valence-electron chi connectivity index (χ0n) is 8.14. The van der Waals surface area contributed by atoms with Crippen LogP contribution in [-0.2, 0) is 5.41 Å². The number of thiazole rings is 1.